The molecule has 0 radical (unpaired) electrons. The molecule has 0 amide bonds. The number of phenolic OH excluding ortho intramolecular Hbond substituents is 1. The van der Waals surface area contributed by atoms with E-state index in [0.29, 0.717) is 17.7 Å². The molecular formula is C13H20N2O. The van der Waals surface area contributed by atoms with Crippen LogP contribution in [0, 0.1) is 5.92 Å². The van der Waals surface area contributed by atoms with Crippen molar-refractivity contribution in [3.63, 3.8) is 0 Å². The molecule has 1 saturated heterocycles. The summed E-state index contributed by atoms with van der Waals surface area (Å²) in [6.07, 6.45) is 2.48. The molecular weight excluding hydrogens is 200 g/mol. The molecule has 0 aromatic heterocycles. The average Bonchev–Trinajstić information content (AvgIpc) is 2.31. The lowest BCUT2D eigenvalue weighted by atomic mass is 9.87. The zero-order valence-electron chi connectivity index (χ0n) is 9.74. The summed E-state index contributed by atoms with van der Waals surface area (Å²) < 4.78 is 0. The van der Waals surface area contributed by atoms with Crippen molar-refractivity contribution in [1.82, 2.24) is 10.6 Å². The second kappa shape index (κ2) is 5.32. The van der Waals surface area contributed by atoms with E-state index in [0.717, 1.165) is 13.1 Å². The summed E-state index contributed by atoms with van der Waals surface area (Å²) >= 11 is 0. The first-order valence-electron chi connectivity index (χ1n) is 5.98. The number of rotatable bonds is 3. The Morgan fingerprint density at radius 2 is 2.38 bits per heavy atom. The Kier molecular flexibility index (Phi) is 3.80. The highest BCUT2D eigenvalue weighted by Gasteiger charge is 2.23. The molecule has 1 aliphatic rings. The van der Waals surface area contributed by atoms with Gasteiger partial charge in [0.2, 0.25) is 0 Å². The average molecular weight is 220 g/mol. The second-order valence-electron chi connectivity index (χ2n) is 4.47. The summed E-state index contributed by atoms with van der Waals surface area (Å²) in [5, 5.41) is 16.3. The zero-order chi connectivity index (χ0) is 11.4. The molecule has 1 aromatic carbocycles. The minimum atomic E-state index is 0.333. The summed E-state index contributed by atoms with van der Waals surface area (Å²) in [5.74, 6) is 0.960. The molecule has 1 fully saturated rings. The standard InChI is InChI=1S/C13H20N2O/c1-14-13(11-5-3-7-15-9-11)10-4-2-6-12(16)8-10/h2,4,6,8,11,13-16H,3,5,7,9H2,1H3. The van der Waals surface area contributed by atoms with E-state index in [1.165, 1.54) is 18.4 Å². The van der Waals surface area contributed by atoms with E-state index in [1.807, 2.05) is 19.2 Å². The van der Waals surface area contributed by atoms with Gasteiger partial charge in [-0.3, -0.25) is 0 Å². The highest BCUT2D eigenvalue weighted by molar-refractivity contribution is 5.29. The SMILES string of the molecule is CNC(c1cccc(O)c1)C1CCCNC1. The third kappa shape index (κ3) is 2.54. The van der Waals surface area contributed by atoms with Gasteiger partial charge in [-0.05, 0) is 56.6 Å². The van der Waals surface area contributed by atoms with Gasteiger partial charge in [0.1, 0.15) is 5.75 Å². The molecule has 2 atom stereocenters. The van der Waals surface area contributed by atoms with Gasteiger partial charge in [-0.1, -0.05) is 12.1 Å². The number of hydrogen-bond acceptors (Lipinski definition) is 3. The maximum Gasteiger partial charge on any atom is 0.115 e. The van der Waals surface area contributed by atoms with Crippen molar-refractivity contribution < 1.29 is 5.11 Å². The molecule has 0 saturated carbocycles. The highest BCUT2D eigenvalue weighted by Crippen LogP contribution is 2.28. The van der Waals surface area contributed by atoms with E-state index in [9.17, 15) is 5.11 Å². The summed E-state index contributed by atoms with van der Waals surface area (Å²) in [6, 6.07) is 7.89. The van der Waals surface area contributed by atoms with Crippen molar-refractivity contribution in [3.8, 4) is 5.75 Å². The van der Waals surface area contributed by atoms with Crippen LogP contribution >= 0.6 is 0 Å². The smallest absolute Gasteiger partial charge is 0.115 e. The molecule has 2 rings (SSSR count). The lowest BCUT2D eigenvalue weighted by molar-refractivity contribution is 0.298. The van der Waals surface area contributed by atoms with Gasteiger partial charge < -0.3 is 15.7 Å². The quantitative estimate of drug-likeness (QED) is 0.726. The van der Waals surface area contributed by atoms with Crippen LogP contribution < -0.4 is 10.6 Å². The predicted octanol–water partition coefficient (Wildman–Crippen LogP) is 1.65. The van der Waals surface area contributed by atoms with Gasteiger partial charge in [-0.2, -0.15) is 0 Å². The molecule has 2 unspecified atom stereocenters. The number of phenols is 1. The van der Waals surface area contributed by atoms with E-state index >= 15 is 0 Å². The summed E-state index contributed by atoms with van der Waals surface area (Å²) in [4.78, 5) is 0. The summed E-state index contributed by atoms with van der Waals surface area (Å²) in [5.41, 5.74) is 1.18. The fourth-order valence-corrected chi connectivity index (χ4v) is 2.56. The van der Waals surface area contributed by atoms with Crippen LogP contribution in [0.15, 0.2) is 24.3 Å². The molecule has 0 aliphatic carbocycles. The van der Waals surface area contributed by atoms with Crippen molar-refractivity contribution in [3.05, 3.63) is 29.8 Å². The van der Waals surface area contributed by atoms with Crippen LogP contribution in [0.2, 0.25) is 0 Å². The Bertz CT molecular complexity index is 334. The fraction of sp³-hybridized carbons (Fsp3) is 0.538. The first-order chi connectivity index (χ1) is 7.81. The Balaban J connectivity index is 2.14. The van der Waals surface area contributed by atoms with Crippen molar-refractivity contribution in [2.75, 3.05) is 20.1 Å². The summed E-state index contributed by atoms with van der Waals surface area (Å²) in [6.45, 7) is 2.19. The van der Waals surface area contributed by atoms with Gasteiger partial charge in [-0.15, -0.1) is 0 Å². The molecule has 0 bridgehead atoms. The number of nitrogens with one attached hydrogen (secondary N) is 2. The third-order valence-electron chi connectivity index (χ3n) is 3.35. The Morgan fingerprint density at radius 3 is 3.00 bits per heavy atom. The number of piperidine rings is 1. The molecule has 88 valence electrons. The topological polar surface area (TPSA) is 44.3 Å². The van der Waals surface area contributed by atoms with E-state index in [1.54, 1.807) is 6.07 Å². The first-order valence-corrected chi connectivity index (χ1v) is 5.98. The van der Waals surface area contributed by atoms with Crippen LogP contribution in [0.1, 0.15) is 24.4 Å². The van der Waals surface area contributed by atoms with E-state index in [-0.39, 0.29) is 0 Å². The van der Waals surface area contributed by atoms with Gasteiger partial charge >= 0.3 is 0 Å². The van der Waals surface area contributed by atoms with E-state index in [2.05, 4.69) is 16.7 Å². The van der Waals surface area contributed by atoms with Crippen molar-refractivity contribution in [2.45, 2.75) is 18.9 Å². The van der Waals surface area contributed by atoms with Gasteiger partial charge in [0.05, 0.1) is 0 Å². The number of hydrogen-bond donors (Lipinski definition) is 3. The highest BCUT2D eigenvalue weighted by atomic mass is 16.3. The second-order valence-corrected chi connectivity index (χ2v) is 4.47. The lowest BCUT2D eigenvalue weighted by Gasteiger charge is -2.31. The van der Waals surface area contributed by atoms with Gasteiger partial charge in [0.25, 0.3) is 0 Å². The van der Waals surface area contributed by atoms with Crippen LogP contribution in [0.4, 0.5) is 0 Å². The van der Waals surface area contributed by atoms with Crippen molar-refractivity contribution >= 4 is 0 Å². The molecule has 1 aromatic rings. The lowest BCUT2D eigenvalue weighted by Crippen LogP contribution is -2.37. The maximum absolute atomic E-state index is 9.51. The van der Waals surface area contributed by atoms with Gasteiger partial charge in [-0.25, -0.2) is 0 Å². The predicted molar refractivity (Wildman–Crippen MR) is 65.5 cm³/mol. The van der Waals surface area contributed by atoms with Crippen LogP contribution in [0.5, 0.6) is 5.75 Å². The third-order valence-corrected chi connectivity index (χ3v) is 3.35. The summed E-state index contributed by atoms with van der Waals surface area (Å²) in [7, 11) is 1.99. The molecule has 3 N–H and O–H groups in total. The van der Waals surface area contributed by atoms with Crippen LogP contribution in [-0.2, 0) is 0 Å². The van der Waals surface area contributed by atoms with Crippen LogP contribution in [0.3, 0.4) is 0 Å². The van der Waals surface area contributed by atoms with Crippen LogP contribution in [-0.4, -0.2) is 25.2 Å². The van der Waals surface area contributed by atoms with Crippen LogP contribution in [0.25, 0.3) is 0 Å². The minimum absolute atomic E-state index is 0.333. The first kappa shape index (κ1) is 11.4. The zero-order valence-corrected chi connectivity index (χ0v) is 9.74. The fourth-order valence-electron chi connectivity index (χ4n) is 2.56. The van der Waals surface area contributed by atoms with E-state index in [4.69, 9.17) is 0 Å². The largest absolute Gasteiger partial charge is 0.508 e. The van der Waals surface area contributed by atoms with E-state index < -0.39 is 0 Å². The molecule has 1 aliphatic heterocycles. The Labute approximate surface area is 96.9 Å². The van der Waals surface area contributed by atoms with Crippen molar-refractivity contribution in [2.24, 2.45) is 5.92 Å². The molecule has 16 heavy (non-hydrogen) atoms. The number of aromatic hydroxyl groups is 1. The molecule has 0 spiro atoms. The van der Waals surface area contributed by atoms with Crippen molar-refractivity contribution in [1.29, 1.82) is 0 Å². The van der Waals surface area contributed by atoms with Gasteiger partial charge in [0.15, 0.2) is 0 Å². The molecule has 3 heteroatoms. The minimum Gasteiger partial charge on any atom is -0.508 e. The Morgan fingerprint density at radius 1 is 1.50 bits per heavy atom. The normalized spacial score (nSPS) is 22.9. The number of benzene rings is 1. The molecule has 3 nitrogen and oxygen atoms in total. The molecule has 1 heterocycles. The monoisotopic (exact) mass is 220 g/mol. The maximum atomic E-state index is 9.51. The van der Waals surface area contributed by atoms with Gasteiger partial charge in [0, 0.05) is 6.04 Å². The Hall–Kier alpha value is -1.06.